The van der Waals surface area contributed by atoms with E-state index in [0.717, 1.165) is 48.0 Å². The summed E-state index contributed by atoms with van der Waals surface area (Å²) in [6.07, 6.45) is 2.40. The Labute approximate surface area is 216 Å². The first-order chi connectivity index (χ1) is 18.1. The van der Waals surface area contributed by atoms with Crippen molar-refractivity contribution in [3.05, 3.63) is 59.4 Å². The lowest BCUT2D eigenvalue weighted by Gasteiger charge is -2.38. The van der Waals surface area contributed by atoms with Crippen molar-refractivity contribution in [2.75, 3.05) is 48.0 Å². The molecule has 0 aliphatic carbocycles. The molecule has 0 spiro atoms. The molecule has 1 saturated heterocycles. The zero-order chi connectivity index (χ0) is 25.8. The minimum absolute atomic E-state index is 0.211. The van der Waals surface area contributed by atoms with Crippen LogP contribution in [-0.2, 0) is 17.7 Å². The molecule has 0 radical (unpaired) electrons. The highest BCUT2D eigenvalue weighted by Gasteiger charge is 2.29. The highest BCUT2D eigenvalue weighted by molar-refractivity contribution is 5.89. The summed E-state index contributed by atoms with van der Waals surface area (Å²) in [6, 6.07) is 13.4. The molecular formula is C27H30N8O2. The summed E-state index contributed by atoms with van der Waals surface area (Å²) in [5.41, 5.74) is 4.25. The predicted molar refractivity (Wildman–Crippen MR) is 141 cm³/mol. The Balaban J connectivity index is 1.49. The number of pyridine rings is 1. The first-order valence-electron chi connectivity index (χ1n) is 12.6. The summed E-state index contributed by atoms with van der Waals surface area (Å²) < 4.78 is 5.68. The van der Waals surface area contributed by atoms with Gasteiger partial charge in [-0.25, -0.2) is 19.7 Å². The van der Waals surface area contributed by atoms with Crippen LogP contribution in [-0.4, -0.2) is 59.9 Å². The molecule has 10 heteroatoms. The Morgan fingerprint density at radius 3 is 2.73 bits per heavy atom. The molecule has 5 rings (SSSR count). The second-order valence-corrected chi connectivity index (χ2v) is 9.16. The van der Waals surface area contributed by atoms with Crippen molar-refractivity contribution in [2.45, 2.75) is 32.9 Å². The SMILES string of the molecule is CCNC(=O)Nc1ccc(-c2nc3c(c(N4CCOCC4C)n2)CCN(c2ccc(C#N)cn2)C3)cc1. The number of urea groups is 1. The van der Waals surface area contributed by atoms with Gasteiger partial charge in [0.25, 0.3) is 0 Å². The van der Waals surface area contributed by atoms with Crippen molar-refractivity contribution < 1.29 is 9.53 Å². The largest absolute Gasteiger partial charge is 0.377 e. The van der Waals surface area contributed by atoms with Gasteiger partial charge in [0.1, 0.15) is 17.7 Å². The van der Waals surface area contributed by atoms with Crippen LogP contribution in [0.5, 0.6) is 0 Å². The summed E-state index contributed by atoms with van der Waals surface area (Å²) >= 11 is 0. The number of ether oxygens (including phenoxy) is 1. The third-order valence-corrected chi connectivity index (χ3v) is 6.62. The third-order valence-electron chi connectivity index (χ3n) is 6.62. The number of benzene rings is 1. The quantitative estimate of drug-likeness (QED) is 0.550. The normalized spacial score (nSPS) is 17.1. The number of aromatic nitrogens is 3. The van der Waals surface area contributed by atoms with Gasteiger partial charge in [0, 0.05) is 42.6 Å². The Bertz CT molecular complexity index is 1300. The zero-order valence-electron chi connectivity index (χ0n) is 21.1. The standard InChI is InChI=1S/C27H30N8O2/c1-3-29-27(36)31-21-7-5-20(6-8-21)25-32-23-16-34(24-9-4-19(14-28)15-30-24)11-10-22(23)26(33-25)35-12-13-37-17-18(35)2/h4-9,15,18H,3,10-13,16-17H2,1-2H3,(H2,29,31,36). The molecule has 2 aliphatic heterocycles. The van der Waals surface area contributed by atoms with Gasteiger partial charge in [-0.15, -0.1) is 0 Å². The van der Waals surface area contributed by atoms with Gasteiger partial charge in [-0.05, 0) is 56.7 Å². The van der Waals surface area contributed by atoms with Crippen LogP contribution in [0.3, 0.4) is 0 Å². The number of nitrogens with one attached hydrogen (secondary N) is 2. The van der Waals surface area contributed by atoms with E-state index < -0.39 is 0 Å². The number of nitrogens with zero attached hydrogens (tertiary/aromatic N) is 6. The monoisotopic (exact) mass is 498 g/mol. The van der Waals surface area contributed by atoms with E-state index in [4.69, 9.17) is 20.0 Å². The summed E-state index contributed by atoms with van der Waals surface area (Å²) in [5, 5.41) is 14.7. The number of hydrogen-bond donors (Lipinski definition) is 2. The van der Waals surface area contributed by atoms with Gasteiger partial charge in [-0.2, -0.15) is 5.26 Å². The molecular weight excluding hydrogens is 468 g/mol. The van der Waals surface area contributed by atoms with Crippen molar-refractivity contribution in [3.8, 4) is 17.5 Å². The summed E-state index contributed by atoms with van der Waals surface area (Å²) in [6.45, 7) is 8.10. The van der Waals surface area contributed by atoms with Gasteiger partial charge in [0.05, 0.1) is 37.1 Å². The number of carbonyl (C=O) groups is 1. The summed E-state index contributed by atoms with van der Waals surface area (Å²) in [7, 11) is 0. The highest BCUT2D eigenvalue weighted by atomic mass is 16.5. The first kappa shape index (κ1) is 24.5. The fourth-order valence-corrected chi connectivity index (χ4v) is 4.69. The molecule has 1 unspecified atom stereocenters. The van der Waals surface area contributed by atoms with E-state index in [1.807, 2.05) is 37.3 Å². The van der Waals surface area contributed by atoms with Crippen LogP contribution in [0.1, 0.15) is 30.7 Å². The number of fused-ring (bicyclic) bond motifs is 1. The summed E-state index contributed by atoms with van der Waals surface area (Å²) in [4.78, 5) is 30.9. The minimum atomic E-state index is -0.236. The van der Waals surface area contributed by atoms with Crippen LogP contribution in [0.2, 0.25) is 0 Å². The molecule has 10 nitrogen and oxygen atoms in total. The van der Waals surface area contributed by atoms with Gasteiger partial charge < -0.3 is 25.2 Å². The van der Waals surface area contributed by atoms with Gasteiger partial charge in [0.2, 0.25) is 0 Å². The van der Waals surface area contributed by atoms with Crippen LogP contribution in [0.4, 0.5) is 22.1 Å². The van der Waals surface area contributed by atoms with E-state index in [2.05, 4.69) is 38.4 Å². The molecule has 1 fully saturated rings. The maximum absolute atomic E-state index is 11.9. The number of carbonyl (C=O) groups excluding carboxylic acids is 1. The van der Waals surface area contributed by atoms with Crippen molar-refractivity contribution in [1.82, 2.24) is 20.3 Å². The predicted octanol–water partition coefficient (Wildman–Crippen LogP) is 3.34. The topological polar surface area (TPSA) is 119 Å². The van der Waals surface area contributed by atoms with E-state index >= 15 is 0 Å². The Morgan fingerprint density at radius 2 is 2.03 bits per heavy atom. The van der Waals surface area contributed by atoms with Crippen LogP contribution in [0.25, 0.3) is 11.4 Å². The van der Waals surface area contributed by atoms with Crippen LogP contribution in [0.15, 0.2) is 42.6 Å². The molecule has 1 atom stereocenters. The maximum atomic E-state index is 11.9. The maximum Gasteiger partial charge on any atom is 0.319 e. The smallest absolute Gasteiger partial charge is 0.319 e. The van der Waals surface area contributed by atoms with Crippen LogP contribution < -0.4 is 20.4 Å². The first-order valence-corrected chi connectivity index (χ1v) is 12.6. The molecule has 0 bridgehead atoms. The van der Waals surface area contributed by atoms with E-state index in [-0.39, 0.29) is 12.1 Å². The van der Waals surface area contributed by atoms with Gasteiger partial charge in [-0.3, -0.25) is 0 Å². The summed E-state index contributed by atoms with van der Waals surface area (Å²) in [5.74, 6) is 2.44. The van der Waals surface area contributed by atoms with Crippen LogP contribution in [0, 0.1) is 11.3 Å². The van der Waals surface area contributed by atoms with Crippen molar-refractivity contribution in [2.24, 2.45) is 0 Å². The van der Waals surface area contributed by atoms with Gasteiger partial charge in [0.15, 0.2) is 5.82 Å². The Hall–Kier alpha value is -4.23. The van der Waals surface area contributed by atoms with E-state index in [1.54, 1.807) is 12.3 Å². The number of rotatable bonds is 5. The second-order valence-electron chi connectivity index (χ2n) is 9.16. The average Bonchev–Trinajstić information content (AvgIpc) is 2.93. The molecule has 2 aromatic heterocycles. The number of nitriles is 1. The fourth-order valence-electron chi connectivity index (χ4n) is 4.69. The molecule has 0 saturated carbocycles. The molecule has 2 aliphatic rings. The zero-order valence-corrected chi connectivity index (χ0v) is 21.1. The van der Waals surface area contributed by atoms with E-state index in [1.165, 1.54) is 0 Å². The Kier molecular flexibility index (Phi) is 7.14. The minimum Gasteiger partial charge on any atom is -0.377 e. The molecule has 2 N–H and O–H groups in total. The van der Waals surface area contributed by atoms with E-state index in [9.17, 15) is 4.79 Å². The fraction of sp³-hybridized carbons (Fsp3) is 0.370. The highest BCUT2D eigenvalue weighted by Crippen LogP contribution is 2.32. The van der Waals surface area contributed by atoms with E-state index in [0.29, 0.717) is 43.4 Å². The molecule has 1 aromatic carbocycles. The number of hydrogen-bond acceptors (Lipinski definition) is 8. The molecule has 4 heterocycles. The molecule has 37 heavy (non-hydrogen) atoms. The van der Waals surface area contributed by atoms with Gasteiger partial charge in [-0.1, -0.05) is 0 Å². The van der Waals surface area contributed by atoms with Crippen molar-refractivity contribution >= 4 is 23.4 Å². The van der Waals surface area contributed by atoms with Crippen molar-refractivity contribution in [1.29, 1.82) is 5.26 Å². The molecule has 3 aromatic rings. The lowest BCUT2D eigenvalue weighted by molar-refractivity contribution is 0.0984. The Morgan fingerprint density at radius 1 is 1.19 bits per heavy atom. The molecule has 2 amide bonds. The number of amides is 2. The average molecular weight is 499 g/mol. The number of morpholine rings is 1. The lowest BCUT2D eigenvalue weighted by Crippen LogP contribution is -2.45. The van der Waals surface area contributed by atoms with Crippen LogP contribution >= 0.6 is 0 Å². The molecule has 190 valence electrons. The van der Waals surface area contributed by atoms with Crippen molar-refractivity contribution in [3.63, 3.8) is 0 Å². The lowest BCUT2D eigenvalue weighted by atomic mass is 10.0. The number of anilines is 3. The van der Waals surface area contributed by atoms with Gasteiger partial charge >= 0.3 is 6.03 Å². The third kappa shape index (κ3) is 5.32. The second kappa shape index (κ2) is 10.8.